The summed E-state index contributed by atoms with van der Waals surface area (Å²) in [5, 5.41) is 6.77. The normalized spacial score (nSPS) is 10.2. The highest BCUT2D eigenvalue weighted by atomic mass is 32.1. The molecule has 5 heteroatoms. The number of nitrogens with one attached hydrogen (secondary N) is 3. The van der Waals surface area contributed by atoms with Crippen LogP contribution in [0.2, 0.25) is 0 Å². The van der Waals surface area contributed by atoms with Crippen LogP contribution in [-0.2, 0) is 6.54 Å². The molecule has 0 aliphatic carbocycles. The first-order valence-electron chi connectivity index (χ1n) is 6.25. The molecule has 1 aromatic heterocycles. The zero-order valence-electron chi connectivity index (χ0n) is 11.2. The highest BCUT2D eigenvalue weighted by molar-refractivity contribution is 7.80. The summed E-state index contributed by atoms with van der Waals surface area (Å²) in [6.45, 7) is 7.27. The SMILES string of the molecule is CCCCNC(=S)NCc1c(C)cc(C)[nH]c1=O. The van der Waals surface area contributed by atoms with E-state index in [-0.39, 0.29) is 5.56 Å². The Morgan fingerprint density at radius 2 is 2.11 bits per heavy atom. The number of aromatic nitrogens is 1. The van der Waals surface area contributed by atoms with Gasteiger partial charge in [0.15, 0.2) is 5.11 Å². The van der Waals surface area contributed by atoms with Crippen LogP contribution in [0.3, 0.4) is 0 Å². The zero-order chi connectivity index (χ0) is 13.5. The van der Waals surface area contributed by atoms with Gasteiger partial charge in [-0.2, -0.15) is 0 Å². The Balaban J connectivity index is 2.54. The van der Waals surface area contributed by atoms with Gasteiger partial charge < -0.3 is 15.6 Å². The third-order valence-electron chi connectivity index (χ3n) is 2.74. The smallest absolute Gasteiger partial charge is 0.253 e. The van der Waals surface area contributed by atoms with Gasteiger partial charge in [-0.05, 0) is 44.1 Å². The molecule has 0 unspecified atom stereocenters. The van der Waals surface area contributed by atoms with Gasteiger partial charge in [-0.15, -0.1) is 0 Å². The highest BCUT2D eigenvalue weighted by Crippen LogP contribution is 2.02. The van der Waals surface area contributed by atoms with E-state index in [1.165, 1.54) is 0 Å². The third-order valence-corrected chi connectivity index (χ3v) is 3.02. The van der Waals surface area contributed by atoms with Crippen molar-refractivity contribution in [2.24, 2.45) is 0 Å². The third kappa shape index (κ3) is 4.49. The van der Waals surface area contributed by atoms with Crippen LogP contribution in [-0.4, -0.2) is 16.6 Å². The first-order chi connectivity index (χ1) is 8.54. The van der Waals surface area contributed by atoms with Crippen molar-refractivity contribution in [1.82, 2.24) is 15.6 Å². The molecule has 1 aromatic rings. The number of unbranched alkanes of at least 4 members (excludes halogenated alkanes) is 1. The molecule has 0 aliphatic heterocycles. The van der Waals surface area contributed by atoms with Gasteiger partial charge in [0.25, 0.3) is 5.56 Å². The maximum Gasteiger partial charge on any atom is 0.253 e. The summed E-state index contributed by atoms with van der Waals surface area (Å²) in [6, 6.07) is 1.96. The Morgan fingerprint density at radius 3 is 2.72 bits per heavy atom. The first-order valence-corrected chi connectivity index (χ1v) is 6.66. The van der Waals surface area contributed by atoms with E-state index in [1.807, 2.05) is 19.9 Å². The van der Waals surface area contributed by atoms with Crippen molar-refractivity contribution in [2.45, 2.75) is 40.2 Å². The number of pyridine rings is 1. The monoisotopic (exact) mass is 267 g/mol. The van der Waals surface area contributed by atoms with E-state index in [2.05, 4.69) is 22.5 Å². The van der Waals surface area contributed by atoms with Crippen LogP contribution in [0.4, 0.5) is 0 Å². The average molecular weight is 267 g/mol. The van der Waals surface area contributed by atoms with Crippen molar-refractivity contribution in [3.63, 3.8) is 0 Å². The van der Waals surface area contributed by atoms with E-state index < -0.39 is 0 Å². The Kier molecular flexibility index (Phi) is 5.85. The molecule has 100 valence electrons. The molecule has 0 saturated carbocycles. The number of aromatic amines is 1. The predicted octanol–water partition coefficient (Wildman–Crippen LogP) is 1.76. The van der Waals surface area contributed by atoms with E-state index >= 15 is 0 Å². The summed E-state index contributed by atoms with van der Waals surface area (Å²) in [7, 11) is 0. The number of aryl methyl sites for hydroxylation is 2. The van der Waals surface area contributed by atoms with Gasteiger partial charge >= 0.3 is 0 Å². The van der Waals surface area contributed by atoms with Crippen molar-refractivity contribution >= 4 is 17.3 Å². The van der Waals surface area contributed by atoms with Crippen molar-refractivity contribution in [3.05, 3.63) is 33.2 Å². The summed E-state index contributed by atoms with van der Waals surface area (Å²) >= 11 is 5.14. The Hall–Kier alpha value is -1.36. The van der Waals surface area contributed by atoms with E-state index in [0.717, 1.165) is 36.2 Å². The van der Waals surface area contributed by atoms with Gasteiger partial charge in [-0.1, -0.05) is 13.3 Å². The summed E-state index contributed by atoms with van der Waals surface area (Å²) < 4.78 is 0. The van der Waals surface area contributed by atoms with Crippen LogP contribution in [0.1, 0.15) is 36.6 Å². The van der Waals surface area contributed by atoms with Crippen LogP contribution >= 0.6 is 12.2 Å². The molecule has 0 bridgehead atoms. The van der Waals surface area contributed by atoms with Gasteiger partial charge in [-0.25, -0.2) is 0 Å². The molecule has 0 amide bonds. The molecule has 0 atom stereocenters. The van der Waals surface area contributed by atoms with Crippen molar-refractivity contribution in [3.8, 4) is 0 Å². The summed E-state index contributed by atoms with van der Waals surface area (Å²) in [6.07, 6.45) is 2.22. The zero-order valence-corrected chi connectivity index (χ0v) is 12.0. The molecular formula is C13H21N3OS. The molecule has 0 aromatic carbocycles. The fourth-order valence-corrected chi connectivity index (χ4v) is 1.89. The van der Waals surface area contributed by atoms with Crippen molar-refractivity contribution < 1.29 is 0 Å². The van der Waals surface area contributed by atoms with Crippen molar-refractivity contribution in [2.75, 3.05) is 6.54 Å². The fraction of sp³-hybridized carbons (Fsp3) is 0.538. The Bertz CT molecular complexity index is 468. The second-order valence-electron chi connectivity index (χ2n) is 4.41. The first kappa shape index (κ1) is 14.7. The second kappa shape index (κ2) is 7.16. The van der Waals surface area contributed by atoms with Crippen LogP contribution in [0.15, 0.2) is 10.9 Å². The molecule has 0 radical (unpaired) electrons. The predicted molar refractivity (Wildman–Crippen MR) is 78.9 cm³/mol. The van der Waals surface area contributed by atoms with E-state index in [0.29, 0.717) is 11.7 Å². The molecule has 3 N–H and O–H groups in total. The largest absolute Gasteiger partial charge is 0.363 e. The van der Waals surface area contributed by atoms with Crippen LogP contribution < -0.4 is 16.2 Å². The van der Waals surface area contributed by atoms with Crippen LogP contribution in [0.25, 0.3) is 0 Å². The van der Waals surface area contributed by atoms with Gasteiger partial charge in [0.2, 0.25) is 0 Å². The lowest BCUT2D eigenvalue weighted by atomic mass is 10.1. The highest BCUT2D eigenvalue weighted by Gasteiger charge is 2.05. The molecule has 0 aliphatic rings. The topological polar surface area (TPSA) is 56.9 Å². The molecular weight excluding hydrogens is 246 g/mol. The van der Waals surface area contributed by atoms with E-state index in [9.17, 15) is 4.79 Å². The number of hydrogen-bond acceptors (Lipinski definition) is 2. The van der Waals surface area contributed by atoms with E-state index in [4.69, 9.17) is 12.2 Å². The van der Waals surface area contributed by atoms with Gasteiger partial charge in [0.05, 0.1) is 0 Å². The summed E-state index contributed by atoms with van der Waals surface area (Å²) in [5.74, 6) is 0. The quantitative estimate of drug-likeness (QED) is 0.562. The minimum atomic E-state index is -0.0450. The maximum absolute atomic E-state index is 11.8. The van der Waals surface area contributed by atoms with Gasteiger partial charge in [0, 0.05) is 24.3 Å². The Labute approximate surface area is 113 Å². The molecule has 18 heavy (non-hydrogen) atoms. The molecule has 0 fully saturated rings. The van der Waals surface area contributed by atoms with Gasteiger partial charge in [-0.3, -0.25) is 4.79 Å². The molecule has 0 saturated heterocycles. The number of thiocarbonyl (C=S) groups is 1. The van der Waals surface area contributed by atoms with Crippen LogP contribution in [0, 0.1) is 13.8 Å². The van der Waals surface area contributed by atoms with Crippen molar-refractivity contribution in [1.29, 1.82) is 0 Å². The summed E-state index contributed by atoms with van der Waals surface area (Å²) in [5.41, 5.74) is 2.56. The number of hydrogen-bond donors (Lipinski definition) is 3. The summed E-state index contributed by atoms with van der Waals surface area (Å²) in [4.78, 5) is 14.6. The minimum Gasteiger partial charge on any atom is -0.363 e. The molecule has 4 nitrogen and oxygen atoms in total. The number of rotatable bonds is 5. The van der Waals surface area contributed by atoms with Gasteiger partial charge in [0.1, 0.15) is 0 Å². The maximum atomic E-state index is 11.8. The van der Waals surface area contributed by atoms with E-state index in [1.54, 1.807) is 0 Å². The average Bonchev–Trinajstić information content (AvgIpc) is 2.27. The standard InChI is InChI=1S/C13H21N3OS/c1-4-5-6-14-13(18)15-8-11-9(2)7-10(3)16-12(11)17/h7H,4-6,8H2,1-3H3,(H,16,17)(H2,14,15,18). The second-order valence-corrected chi connectivity index (χ2v) is 4.81. The lowest BCUT2D eigenvalue weighted by Crippen LogP contribution is -2.36. The van der Waals surface area contributed by atoms with Crippen LogP contribution in [0.5, 0.6) is 0 Å². The lowest BCUT2D eigenvalue weighted by Gasteiger charge is -2.11. The molecule has 1 rings (SSSR count). The molecule has 0 spiro atoms. The fourth-order valence-electron chi connectivity index (χ4n) is 1.71. The lowest BCUT2D eigenvalue weighted by molar-refractivity contribution is 0.737. The molecule has 1 heterocycles. The number of H-pyrrole nitrogens is 1. The Morgan fingerprint density at radius 1 is 1.39 bits per heavy atom. The minimum absolute atomic E-state index is 0.0450.